The number of nitrogens with one attached hydrogen (secondary N) is 3. The zero-order valence-electron chi connectivity index (χ0n) is 37.6. The number of amides is 5. The molecule has 1 aromatic carbocycles. The minimum atomic E-state index is -1.03. The molecule has 1 aromatic rings. The van der Waals surface area contributed by atoms with E-state index in [9.17, 15) is 28.8 Å². The second-order valence-corrected chi connectivity index (χ2v) is 18.5. The van der Waals surface area contributed by atoms with Gasteiger partial charge in [-0.25, -0.2) is 9.59 Å². The number of nitrogens with zero attached hydrogens (tertiary/aromatic N) is 2. The summed E-state index contributed by atoms with van der Waals surface area (Å²) in [6.07, 6.45) is 0.796. The fraction of sp³-hybridized carbons (Fsp3) is 0.727. The van der Waals surface area contributed by atoms with Crippen LogP contribution < -0.4 is 16.0 Å². The van der Waals surface area contributed by atoms with Crippen LogP contribution in [0.1, 0.15) is 128 Å². The average Bonchev–Trinajstić information content (AvgIpc) is 3.08. The number of alkyl carbamates (subject to hydrolysis) is 1. The number of rotatable bonds is 22. The summed E-state index contributed by atoms with van der Waals surface area (Å²) in [6.45, 7) is 24.6. The molecule has 13 heteroatoms. The lowest BCUT2D eigenvalue weighted by Crippen LogP contribution is -2.59. The molecule has 324 valence electrons. The Bertz CT molecular complexity index is 1440. The molecule has 0 radical (unpaired) electrons. The molecule has 0 saturated heterocycles. The maximum absolute atomic E-state index is 14.2. The molecule has 57 heavy (non-hydrogen) atoms. The summed E-state index contributed by atoms with van der Waals surface area (Å²) in [5.41, 5.74) is 0.0524. The molecule has 0 aliphatic heterocycles. The average molecular weight is 802 g/mol. The van der Waals surface area contributed by atoms with E-state index in [2.05, 4.69) is 16.0 Å². The first-order chi connectivity index (χ1) is 26.3. The summed E-state index contributed by atoms with van der Waals surface area (Å²) in [6, 6.07) is 4.49. The van der Waals surface area contributed by atoms with Crippen molar-refractivity contribution in [3.63, 3.8) is 0 Å². The minimum absolute atomic E-state index is 0.00233. The first-order valence-corrected chi connectivity index (χ1v) is 20.7. The highest BCUT2D eigenvalue weighted by molar-refractivity contribution is 5.96. The molecule has 0 unspecified atom stereocenters. The lowest BCUT2D eigenvalue weighted by molar-refractivity contribution is -0.157. The van der Waals surface area contributed by atoms with Gasteiger partial charge in [-0.15, -0.1) is 0 Å². The Labute approximate surface area is 343 Å². The molecule has 0 spiro atoms. The monoisotopic (exact) mass is 802 g/mol. The SMILES string of the molecule is CC(C)C[C@H](NC(=O)[C@H](CC(C)C)N(C)C(=O)[C@H](CC(C)C)NC(=O)OC(C)(C)C)C(=O)N[C@@H](CC(C)C)C(=O)N(C)[C@@H](CC(C)C)C(=O)OCc1ccccc1. The van der Waals surface area contributed by atoms with Crippen molar-refractivity contribution in [2.45, 2.75) is 165 Å². The molecule has 3 N–H and O–H groups in total. The van der Waals surface area contributed by atoms with Gasteiger partial charge in [0.1, 0.15) is 42.4 Å². The lowest BCUT2D eigenvalue weighted by Gasteiger charge is -2.34. The van der Waals surface area contributed by atoms with Crippen molar-refractivity contribution in [2.24, 2.45) is 29.6 Å². The van der Waals surface area contributed by atoms with Crippen LogP contribution in [0.25, 0.3) is 0 Å². The lowest BCUT2D eigenvalue weighted by atomic mass is 9.96. The van der Waals surface area contributed by atoms with Crippen molar-refractivity contribution in [3.05, 3.63) is 35.9 Å². The Morgan fingerprint density at radius 1 is 0.561 bits per heavy atom. The Balaban J connectivity index is 3.38. The first-order valence-electron chi connectivity index (χ1n) is 20.7. The van der Waals surface area contributed by atoms with Crippen molar-refractivity contribution in [2.75, 3.05) is 14.1 Å². The Kier molecular flexibility index (Phi) is 21.3. The van der Waals surface area contributed by atoms with Gasteiger partial charge < -0.3 is 35.2 Å². The molecular formula is C44H75N5O8. The number of hydrogen-bond acceptors (Lipinski definition) is 8. The highest BCUT2D eigenvalue weighted by Gasteiger charge is 2.38. The predicted molar refractivity (Wildman–Crippen MR) is 224 cm³/mol. The number of ether oxygens (including phenoxy) is 2. The van der Waals surface area contributed by atoms with Gasteiger partial charge in [-0.1, -0.05) is 99.6 Å². The molecule has 0 aromatic heterocycles. The van der Waals surface area contributed by atoms with Crippen LogP contribution in [0.4, 0.5) is 4.79 Å². The van der Waals surface area contributed by atoms with E-state index in [0.717, 1.165) is 5.56 Å². The molecule has 0 aliphatic carbocycles. The maximum Gasteiger partial charge on any atom is 0.408 e. The second-order valence-electron chi connectivity index (χ2n) is 18.5. The third-order valence-corrected chi connectivity index (χ3v) is 9.18. The number of likely N-dealkylation sites (N-methyl/N-ethyl adjacent to an activating group) is 2. The van der Waals surface area contributed by atoms with Crippen LogP contribution in [0.2, 0.25) is 0 Å². The van der Waals surface area contributed by atoms with E-state index >= 15 is 0 Å². The molecular weight excluding hydrogens is 727 g/mol. The molecule has 0 heterocycles. The summed E-state index contributed by atoms with van der Waals surface area (Å²) < 4.78 is 11.1. The number of carbonyl (C=O) groups excluding carboxylic acids is 6. The smallest absolute Gasteiger partial charge is 0.408 e. The first kappa shape index (κ1) is 50.9. The van der Waals surface area contributed by atoms with Crippen molar-refractivity contribution in [3.8, 4) is 0 Å². The van der Waals surface area contributed by atoms with E-state index in [1.165, 1.54) is 16.8 Å². The van der Waals surface area contributed by atoms with Gasteiger partial charge in [-0.05, 0) is 88.0 Å². The van der Waals surface area contributed by atoms with Gasteiger partial charge in [-0.3, -0.25) is 19.2 Å². The van der Waals surface area contributed by atoms with Gasteiger partial charge in [0.05, 0.1) is 0 Å². The standard InChI is InChI=1S/C44H75N5O8/c1-27(2)21-33(45-39(51)36(24-30(7)8)48(14)41(53)35(23-29(5)6)47-43(55)57-44(11,12)13)38(50)46-34(22-28(3)4)40(52)49(15)37(25-31(9)10)42(54)56-26-32-19-17-16-18-20-32/h16-20,27-31,33-37H,21-26H2,1-15H3,(H,45,51)(H,46,50)(H,47,55)/t33-,34-,35-,36-,37-/m0/s1. The van der Waals surface area contributed by atoms with E-state index in [0.29, 0.717) is 25.7 Å². The Hall–Kier alpha value is -4.16. The fourth-order valence-corrected chi connectivity index (χ4v) is 6.45. The van der Waals surface area contributed by atoms with Gasteiger partial charge >= 0.3 is 12.1 Å². The summed E-state index contributed by atoms with van der Waals surface area (Å²) >= 11 is 0. The summed E-state index contributed by atoms with van der Waals surface area (Å²) in [4.78, 5) is 85.5. The zero-order chi connectivity index (χ0) is 43.8. The third-order valence-electron chi connectivity index (χ3n) is 9.18. The van der Waals surface area contributed by atoms with E-state index in [1.54, 1.807) is 27.8 Å². The van der Waals surface area contributed by atoms with E-state index in [1.807, 2.05) is 99.6 Å². The highest BCUT2D eigenvalue weighted by Crippen LogP contribution is 2.20. The fourth-order valence-electron chi connectivity index (χ4n) is 6.45. The maximum atomic E-state index is 14.2. The molecule has 0 bridgehead atoms. The molecule has 0 saturated carbocycles. The quantitative estimate of drug-likeness (QED) is 0.112. The van der Waals surface area contributed by atoms with Crippen LogP contribution in [-0.4, -0.2) is 95.4 Å². The Morgan fingerprint density at radius 3 is 1.42 bits per heavy atom. The number of benzene rings is 1. The summed E-state index contributed by atoms with van der Waals surface area (Å²) in [5, 5.41) is 8.53. The highest BCUT2D eigenvalue weighted by atomic mass is 16.6. The van der Waals surface area contributed by atoms with Crippen molar-refractivity contribution < 1.29 is 38.2 Å². The molecule has 1 rings (SSSR count). The van der Waals surface area contributed by atoms with Gasteiger partial charge in [-0.2, -0.15) is 0 Å². The van der Waals surface area contributed by atoms with Crippen LogP contribution in [0, 0.1) is 29.6 Å². The van der Waals surface area contributed by atoms with Gasteiger partial charge in [0.15, 0.2) is 0 Å². The van der Waals surface area contributed by atoms with Crippen LogP contribution in [0.5, 0.6) is 0 Å². The molecule has 5 atom stereocenters. The van der Waals surface area contributed by atoms with Gasteiger partial charge in [0.25, 0.3) is 0 Å². The third kappa shape index (κ3) is 19.2. The number of esters is 1. The van der Waals surface area contributed by atoms with E-state index in [-0.39, 0.29) is 42.6 Å². The molecule has 13 nitrogen and oxygen atoms in total. The molecule has 0 aliphatic rings. The number of hydrogen-bond donors (Lipinski definition) is 3. The molecule has 0 fully saturated rings. The second kappa shape index (κ2) is 23.9. The normalized spacial score (nSPS) is 14.5. The predicted octanol–water partition coefficient (Wildman–Crippen LogP) is 6.48. The number of carbonyl (C=O) groups is 6. The van der Waals surface area contributed by atoms with Crippen LogP contribution in [0.3, 0.4) is 0 Å². The van der Waals surface area contributed by atoms with Crippen molar-refractivity contribution in [1.29, 1.82) is 0 Å². The van der Waals surface area contributed by atoms with E-state index < -0.39 is 71.5 Å². The zero-order valence-corrected chi connectivity index (χ0v) is 37.6. The topological polar surface area (TPSA) is 163 Å². The van der Waals surface area contributed by atoms with Crippen molar-refractivity contribution in [1.82, 2.24) is 25.8 Å². The molecule has 5 amide bonds. The van der Waals surface area contributed by atoms with Crippen LogP contribution in [0.15, 0.2) is 30.3 Å². The minimum Gasteiger partial charge on any atom is -0.459 e. The summed E-state index contributed by atoms with van der Waals surface area (Å²) in [7, 11) is 3.09. The van der Waals surface area contributed by atoms with Gasteiger partial charge in [0, 0.05) is 14.1 Å². The van der Waals surface area contributed by atoms with Crippen molar-refractivity contribution >= 4 is 35.7 Å². The largest absolute Gasteiger partial charge is 0.459 e. The van der Waals surface area contributed by atoms with Gasteiger partial charge in [0.2, 0.25) is 23.6 Å². The van der Waals surface area contributed by atoms with Crippen LogP contribution >= 0.6 is 0 Å². The van der Waals surface area contributed by atoms with Crippen LogP contribution in [-0.2, 0) is 40.1 Å². The van der Waals surface area contributed by atoms with E-state index in [4.69, 9.17) is 9.47 Å². The summed E-state index contributed by atoms with van der Waals surface area (Å²) in [5.74, 6) is -2.41. The Morgan fingerprint density at radius 2 is 0.965 bits per heavy atom.